The highest BCUT2D eigenvalue weighted by atomic mass is 16.5. The van der Waals surface area contributed by atoms with Gasteiger partial charge in [0.05, 0.1) is 7.11 Å². The molecule has 0 radical (unpaired) electrons. The van der Waals surface area contributed by atoms with Gasteiger partial charge in [0.1, 0.15) is 22.8 Å². The SMILES string of the molecule is COc1cc2c(-c3ccccc3)c(-c3ccccc3)oc2cc1/C=C(/NC(=O)c1ccccc1)C(=O)NN. The number of rotatable bonds is 7. The van der Waals surface area contributed by atoms with E-state index in [9.17, 15) is 9.59 Å². The second-order valence-electron chi connectivity index (χ2n) is 8.48. The lowest BCUT2D eigenvalue weighted by Crippen LogP contribution is -2.38. The fraction of sp³-hybridized carbons (Fsp3) is 0.0323. The van der Waals surface area contributed by atoms with Crippen LogP contribution < -0.4 is 21.3 Å². The van der Waals surface area contributed by atoms with Gasteiger partial charge in [-0.2, -0.15) is 0 Å². The number of nitrogens with one attached hydrogen (secondary N) is 2. The van der Waals surface area contributed by atoms with Gasteiger partial charge in [-0.15, -0.1) is 0 Å². The van der Waals surface area contributed by atoms with Crippen molar-refractivity contribution in [1.29, 1.82) is 0 Å². The van der Waals surface area contributed by atoms with Gasteiger partial charge in [0, 0.05) is 27.6 Å². The number of methoxy groups -OCH3 is 1. The van der Waals surface area contributed by atoms with Crippen molar-refractivity contribution in [3.63, 3.8) is 0 Å². The van der Waals surface area contributed by atoms with Gasteiger partial charge in [0.2, 0.25) is 0 Å². The quantitative estimate of drug-likeness (QED) is 0.117. The van der Waals surface area contributed by atoms with Crippen LogP contribution in [-0.2, 0) is 4.79 Å². The molecule has 0 saturated carbocycles. The van der Waals surface area contributed by atoms with Crippen LogP contribution in [0.3, 0.4) is 0 Å². The molecule has 4 aromatic carbocycles. The molecule has 5 aromatic rings. The highest BCUT2D eigenvalue weighted by Gasteiger charge is 2.21. The van der Waals surface area contributed by atoms with Crippen molar-refractivity contribution in [2.45, 2.75) is 0 Å². The molecule has 0 fully saturated rings. The molecule has 7 nitrogen and oxygen atoms in total. The van der Waals surface area contributed by atoms with Crippen LogP contribution in [0.1, 0.15) is 15.9 Å². The maximum absolute atomic E-state index is 12.8. The fourth-order valence-electron chi connectivity index (χ4n) is 4.29. The molecular weight excluding hydrogens is 478 g/mol. The molecule has 5 rings (SSSR count). The number of nitrogens with two attached hydrogens (primary N) is 1. The van der Waals surface area contributed by atoms with Crippen LogP contribution in [-0.4, -0.2) is 18.9 Å². The number of carbonyl (C=O) groups is 2. The lowest BCUT2D eigenvalue weighted by atomic mass is 9.97. The Kier molecular flexibility index (Phi) is 7.02. The van der Waals surface area contributed by atoms with E-state index in [-0.39, 0.29) is 5.70 Å². The Labute approximate surface area is 219 Å². The van der Waals surface area contributed by atoms with Crippen LogP contribution in [0, 0.1) is 0 Å². The Bertz CT molecular complexity index is 1630. The van der Waals surface area contributed by atoms with Crippen molar-refractivity contribution in [2.24, 2.45) is 5.84 Å². The normalized spacial score (nSPS) is 11.3. The maximum Gasteiger partial charge on any atom is 0.281 e. The monoisotopic (exact) mass is 503 g/mol. The van der Waals surface area contributed by atoms with Crippen LogP contribution in [0.2, 0.25) is 0 Å². The number of benzene rings is 4. The Morgan fingerprint density at radius 2 is 1.45 bits per heavy atom. The molecule has 1 heterocycles. The number of carbonyl (C=O) groups excluding carboxylic acids is 2. The number of hydrogen-bond acceptors (Lipinski definition) is 5. The molecule has 0 aliphatic heterocycles. The largest absolute Gasteiger partial charge is 0.496 e. The summed E-state index contributed by atoms with van der Waals surface area (Å²) in [6, 6.07) is 32.1. The highest BCUT2D eigenvalue weighted by molar-refractivity contribution is 6.07. The summed E-state index contributed by atoms with van der Waals surface area (Å²) in [6.45, 7) is 0. The third kappa shape index (κ3) is 4.91. The maximum atomic E-state index is 12.8. The second kappa shape index (κ2) is 10.9. The molecular formula is C31H25N3O4. The molecule has 0 aliphatic carbocycles. The molecule has 1 aromatic heterocycles. The molecule has 0 saturated heterocycles. The first kappa shape index (κ1) is 24.5. The summed E-state index contributed by atoms with van der Waals surface area (Å²) >= 11 is 0. The highest BCUT2D eigenvalue weighted by Crippen LogP contribution is 2.43. The van der Waals surface area contributed by atoms with Crippen LogP contribution >= 0.6 is 0 Å². The number of ether oxygens (including phenoxy) is 1. The minimum Gasteiger partial charge on any atom is -0.496 e. The van der Waals surface area contributed by atoms with E-state index in [1.165, 1.54) is 6.08 Å². The minimum atomic E-state index is -0.661. The zero-order chi connectivity index (χ0) is 26.5. The van der Waals surface area contributed by atoms with Crippen LogP contribution in [0.15, 0.2) is 113 Å². The molecule has 0 unspecified atom stereocenters. The predicted molar refractivity (Wildman–Crippen MR) is 148 cm³/mol. The van der Waals surface area contributed by atoms with Gasteiger partial charge in [-0.25, -0.2) is 5.84 Å². The van der Waals surface area contributed by atoms with E-state index in [1.807, 2.05) is 66.7 Å². The number of hydrazine groups is 1. The number of furan rings is 1. The van der Waals surface area contributed by atoms with E-state index in [0.29, 0.717) is 28.2 Å². The summed E-state index contributed by atoms with van der Waals surface area (Å²) in [7, 11) is 1.55. The van der Waals surface area contributed by atoms with Gasteiger partial charge in [-0.3, -0.25) is 15.0 Å². The van der Waals surface area contributed by atoms with Crippen LogP contribution in [0.4, 0.5) is 0 Å². The van der Waals surface area contributed by atoms with E-state index >= 15 is 0 Å². The molecule has 0 atom stereocenters. The summed E-state index contributed by atoms with van der Waals surface area (Å²) < 4.78 is 12.1. The van der Waals surface area contributed by atoms with Crippen LogP contribution in [0.5, 0.6) is 5.75 Å². The first-order valence-electron chi connectivity index (χ1n) is 11.9. The molecule has 0 bridgehead atoms. The lowest BCUT2D eigenvalue weighted by molar-refractivity contribution is -0.117. The Hall–Kier alpha value is -5.14. The third-order valence-corrected chi connectivity index (χ3v) is 6.10. The Morgan fingerprint density at radius 1 is 0.842 bits per heavy atom. The smallest absolute Gasteiger partial charge is 0.281 e. The predicted octanol–water partition coefficient (Wildman–Crippen LogP) is 5.54. The summed E-state index contributed by atoms with van der Waals surface area (Å²) in [5.74, 6) is 5.51. The van der Waals surface area contributed by atoms with Crippen molar-refractivity contribution in [2.75, 3.05) is 7.11 Å². The van der Waals surface area contributed by atoms with Gasteiger partial charge in [-0.1, -0.05) is 78.9 Å². The first-order valence-corrected chi connectivity index (χ1v) is 11.9. The molecule has 4 N–H and O–H groups in total. The topological polar surface area (TPSA) is 107 Å². The molecule has 0 aliphatic rings. The number of amides is 2. The zero-order valence-corrected chi connectivity index (χ0v) is 20.6. The van der Waals surface area contributed by atoms with E-state index in [2.05, 4.69) is 10.7 Å². The van der Waals surface area contributed by atoms with Crippen molar-refractivity contribution in [1.82, 2.24) is 10.7 Å². The summed E-state index contributed by atoms with van der Waals surface area (Å²) in [5, 5.41) is 3.49. The average Bonchev–Trinajstić information content (AvgIpc) is 3.35. The van der Waals surface area contributed by atoms with Gasteiger partial charge in [-0.05, 0) is 35.9 Å². The minimum absolute atomic E-state index is 0.0443. The molecule has 2 amide bonds. The molecule has 0 spiro atoms. The lowest BCUT2D eigenvalue weighted by Gasteiger charge is -2.11. The van der Waals surface area contributed by atoms with Gasteiger partial charge < -0.3 is 14.5 Å². The Balaban J connectivity index is 1.66. The number of fused-ring (bicyclic) bond motifs is 1. The third-order valence-electron chi connectivity index (χ3n) is 6.10. The summed E-state index contributed by atoms with van der Waals surface area (Å²) in [5.41, 5.74) is 6.41. The van der Waals surface area contributed by atoms with E-state index in [4.69, 9.17) is 15.0 Å². The second-order valence-corrected chi connectivity index (χ2v) is 8.48. The fourth-order valence-corrected chi connectivity index (χ4v) is 4.29. The van der Waals surface area contributed by atoms with Crippen molar-refractivity contribution in [3.8, 4) is 28.2 Å². The average molecular weight is 504 g/mol. The number of hydrogen-bond donors (Lipinski definition) is 3. The summed E-state index contributed by atoms with van der Waals surface area (Å²) in [4.78, 5) is 25.4. The van der Waals surface area contributed by atoms with Crippen molar-refractivity contribution >= 4 is 28.9 Å². The molecule has 7 heteroatoms. The zero-order valence-electron chi connectivity index (χ0n) is 20.6. The molecule has 188 valence electrons. The van der Waals surface area contributed by atoms with Crippen molar-refractivity contribution < 1.29 is 18.7 Å². The van der Waals surface area contributed by atoms with E-state index in [1.54, 1.807) is 43.5 Å². The van der Waals surface area contributed by atoms with Gasteiger partial charge >= 0.3 is 0 Å². The molecule has 38 heavy (non-hydrogen) atoms. The first-order chi connectivity index (χ1) is 18.6. The Morgan fingerprint density at radius 3 is 2.05 bits per heavy atom. The van der Waals surface area contributed by atoms with Gasteiger partial charge in [0.25, 0.3) is 11.8 Å². The van der Waals surface area contributed by atoms with E-state index < -0.39 is 11.8 Å². The van der Waals surface area contributed by atoms with Crippen molar-refractivity contribution in [3.05, 3.63) is 120 Å². The van der Waals surface area contributed by atoms with E-state index in [0.717, 1.165) is 22.1 Å². The van der Waals surface area contributed by atoms with Crippen LogP contribution in [0.25, 0.3) is 39.5 Å². The standard InChI is InChI=1S/C31H25N3O4/c1-37-26-19-24-27(38-29(21-13-7-3-8-14-21)28(24)20-11-5-2-6-12-20)18-23(26)17-25(31(36)34-32)33-30(35)22-15-9-4-10-16-22/h2-19H,32H2,1H3,(H,33,35)(H,34,36)/b25-17+. The summed E-state index contributed by atoms with van der Waals surface area (Å²) in [6.07, 6.45) is 1.51. The van der Waals surface area contributed by atoms with Gasteiger partial charge in [0.15, 0.2) is 0 Å².